The third kappa shape index (κ3) is 5.71. The summed E-state index contributed by atoms with van der Waals surface area (Å²) in [4.78, 5) is 15.0. The van der Waals surface area contributed by atoms with Crippen LogP contribution in [0.1, 0.15) is 63.5 Å². The van der Waals surface area contributed by atoms with Crippen molar-refractivity contribution in [2.75, 3.05) is 18.5 Å². The first-order valence-corrected chi connectivity index (χ1v) is 10.8. The van der Waals surface area contributed by atoms with Gasteiger partial charge in [0, 0.05) is 18.2 Å². The number of unbranched alkanes of at least 4 members (excludes halogenated alkanes) is 4. The molecule has 1 aliphatic heterocycles. The number of hydrogen-bond acceptors (Lipinski definition) is 2. The Bertz CT molecular complexity index is 844. The van der Waals surface area contributed by atoms with Crippen LogP contribution in [-0.2, 0) is 0 Å². The van der Waals surface area contributed by atoms with Crippen LogP contribution in [0.5, 0.6) is 5.75 Å². The van der Waals surface area contributed by atoms with Crippen LogP contribution in [-0.4, -0.2) is 24.1 Å². The number of nitrogens with zero attached hydrogens (tertiary/aromatic N) is 1. The maximum Gasteiger partial charge on any atom is 0.322 e. The van der Waals surface area contributed by atoms with E-state index in [1.54, 1.807) is 4.90 Å². The molecule has 2 amide bonds. The Morgan fingerprint density at radius 2 is 1.93 bits per heavy atom. The average Bonchev–Trinajstić information content (AvgIpc) is 2.95. The summed E-state index contributed by atoms with van der Waals surface area (Å²) in [6, 6.07) is 10.4. The second-order valence-electron chi connectivity index (χ2n) is 7.71. The third-order valence-corrected chi connectivity index (χ3v) is 5.47. The van der Waals surface area contributed by atoms with E-state index in [4.69, 9.17) is 4.74 Å². The average molecular weight is 417 g/mol. The summed E-state index contributed by atoms with van der Waals surface area (Å²) in [6.45, 7) is 3.34. The summed E-state index contributed by atoms with van der Waals surface area (Å²) in [7, 11) is 0. The van der Waals surface area contributed by atoms with E-state index in [-0.39, 0.29) is 17.8 Å². The molecule has 0 fully saturated rings. The molecule has 6 heteroatoms. The first-order valence-electron chi connectivity index (χ1n) is 10.8. The van der Waals surface area contributed by atoms with Gasteiger partial charge < -0.3 is 15.0 Å². The van der Waals surface area contributed by atoms with Crippen molar-refractivity contribution in [3.8, 4) is 5.75 Å². The number of rotatable bonds is 8. The molecule has 0 aliphatic carbocycles. The highest BCUT2D eigenvalue weighted by molar-refractivity contribution is 5.89. The Morgan fingerprint density at radius 1 is 1.13 bits per heavy atom. The molecule has 4 nitrogen and oxygen atoms in total. The molecular weight excluding hydrogens is 386 g/mol. The standard InChI is InChI=1S/C24H30F2N2O2/c1-2-3-4-5-8-15-28(24(29)27-21-14-13-18(25)17-20(21)26)22-11-9-16-30-23-12-7-6-10-19(22)23/h6-7,10,12-14,17,22H,2-5,8-9,11,15-16H2,1H3,(H,27,29). The smallest absolute Gasteiger partial charge is 0.322 e. The van der Waals surface area contributed by atoms with Crippen molar-refractivity contribution in [1.82, 2.24) is 4.90 Å². The topological polar surface area (TPSA) is 41.6 Å². The summed E-state index contributed by atoms with van der Waals surface area (Å²) in [5.41, 5.74) is 0.953. The van der Waals surface area contributed by atoms with Crippen molar-refractivity contribution < 1.29 is 18.3 Å². The summed E-state index contributed by atoms with van der Waals surface area (Å²) in [6.07, 6.45) is 6.96. The molecule has 30 heavy (non-hydrogen) atoms. The highest BCUT2D eigenvalue weighted by Crippen LogP contribution is 2.36. The Kier molecular flexibility index (Phi) is 8.05. The van der Waals surface area contributed by atoms with Crippen LogP contribution < -0.4 is 10.1 Å². The zero-order chi connectivity index (χ0) is 21.3. The minimum Gasteiger partial charge on any atom is -0.493 e. The normalized spacial score (nSPS) is 15.6. The fourth-order valence-electron chi connectivity index (χ4n) is 3.89. The summed E-state index contributed by atoms with van der Waals surface area (Å²) >= 11 is 0. The van der Waals surface area contributed by atoms with Crippen LogP contribution in [0.2, 0.25) is 0 Å². The lowest BCUT2D eigenvalue weighted by molar-refractivity contribution is 0.181. The van der Waals surface area contributed by atoms with Crippen molar-refractivity contribution in [3.63, 3.8) is 0 Å². The molecule has 0 bridgehead atoms. The van der Waals surface area contributed by atoms with Crippen LogP contribution in [0, 0.1) is 11.6 Å². The van der Waals surface area contributed by atoms with Gasteiger partial charge in [-0.3, -0.25) is 0 Å². The largest absolute Gasteiger partial charge is 0.493 e. The maximum absolute atomic E-state index is 14.1. The van der Waals surface area contributed by atoms with Crippen molar-refractivity contribution in [2.24, 2.45) is 0 Å². The first kappa shape index (κ1) is 22.1. The Labute approximate surface area is 177 Å². The van der Waals surface area contributed by atoms with E-state index >= 15 is 0 Å². The molecule has 0 radical (unpaired) electrons. The van der Waals surface area contributed by atoms with Gasteiger partial charge in [0.05, 0.1) is 18.3 Å². The van der Waals surface area contributed by atoms with E-state index < -0.39 is 11.6 Å². The molecular formula is C24H30F2N2O2. The number of amides is 2. The lowest BCUT2D eigenvalue weighted by atomic mass is 10.00. The van der Waals surface area contributed by atoms with Gasteiger partial charge in [0.25, 0.3) is 0 Å². The third-order valence-electron chi connectivity index (χ3n) is 5.47. The number of fused-ring (bicyclic) bond motifs is 1. The Balaban J connectivity index is 1.81. The number of ether oxygens (including phenoxy) is 1. The van der Waals surface area contributed by atoms with E-state index in [2.05, 4.69) is 12.2 Å². The molecule has 162 valence electrons. The molecule has 3 rings (SSSR count). The monoisotopic (exact) mass is 416 g/mol. The molecule has 1 unspecified atom stereocenters. The number of para-hydroxylation sites is 1. The molecule has 1 atom stereocenters. The summed E-state index contributed by atoms with van der Waals surface area (Å²) < 4.78 is 33.2. The number of hydrogen-bond donors (Lipinski definition) is 1. The number of carbonyl (C=O) groups excluding carboxylic acids is 1. The van der Waals surface area contributed by atoms with E-state index in [1.165, 1.54) is 12.5 Å². The lowest BCUT2D eigenvalue weighted by Crippen LogP contribution is -2.39. The highest BCUT2D eigenvalue weighted by atomic mass is 19.1. The van der Waals surface area contributed by atoms with Crippen molar-refractivity contribution in [3.05, 3.63) is 59.7 Å². The molecule has 0 spiro atoms. The van der Waals surface area contributed by atoms with Gasteiger partial charge in [-0.1, -0.05) is 50.8 Å². The second kappa shape index (κ2) is 11.0. The second-order valence-corrected chi connectivity index (χ2v) is 7.71. The van der Waals surface area contributed by atoms with Gasteiger partial charge in [0.1, 0.15) is 17.4 Å². The molecule has 0 saturated heterocycles. The number of carbonyl (C=O) groups is 1. The van der Waals surface area contributed by atoms with Gasteiger partial charge in [-0.25, -0.2) is 13.6 Å². The van der Waals surface area contributed by atoms with Gasteiger partial charge in [-0.05, 0) is 37.5 Å². The minimum atomic E-state index is -0.782. The zero-order valence-electron chi connectivity index (χ0n) is 17.5. The molecule has 0 saturated carbocycles. The van der Waals surface area contributed by atoms with Crippen molar-refractivity contribution >= 4 is 11.7 Å². The Morgan fingerprint density at radius 3 is 2.73 bits per heavy atom. The highest BCUT2D eigenvalue weighted by Gasteiger charge is 2.29. The fraction of sp³-hybridized carbons (Fsp3) is 0.458. The molecule has 1 N–H and O–H groups in total. The van der Waals surface area contributed by atoms with Crippen molar-refractivity contribution in [2.45, 2.75) is 57.9 Å². The predicted octanol–water partition coefficient (Wildman–Crippen LogP) is 6.68. The first-order chi connectivity index (χ1) is 14.6. The van der Waals surface area contributed by atoms with E-state index in [0.29, 0.717) is 13.2 Å². The van der Waals surface area contributed by atoms with Crippen LogP contribution in [0.25, 0.3) is 0 Å². The van der Waals surface area contributed by atoms with Gasteiger partial charge >= 0.3 is 6.03 Å². The number of anilines is 1. The number of urea groups is 1. The minimum absolute atomic E-state index is 0.0180. The van der Waals surface area contributed by atoms with E-state index in [9.17, 15) is 13.6 Å². The molecule has 1 aliphatic rings. The fourth-order valence-corrected chi connectivity index (χ4v) is 3.89. The van der Waals surface area contributed by atoms with Crippen LogP contribution in [0.3, 0.4) is 0 Å². The van der Waals surface area contributed by atoms with Gasteiger partial charge in [0.15, 0.2) is 0 Å². The molecule has 0 aromatic heterocycles. The summed E-state index contributed by atoms with van der Waals surface area (Å²) in [5.74, 6) is -0.666. The predicted molar refractivity (Wildman–Crippen MR) is 115 cm³/mol. The molecule has 1 heterocycles. The Hall–Kier alpha value is -2.63. The maximum atomic E-state index is 14.1. The zero-order valence-corrected chi connectivity index (χ0v) is 17.5. The number of halogens is 2. The van der Waals surface area contributed by atoms with Gasteiger partial charge in [-0.2, -0.15) is 0 Å². The van der Waals surface area contributed by atoms with Crippen LogP contribution in [0.15, 0.2) is 42.5 Å². The number of benzene rings is 2. The van der Waals surface area contributed by atoms with Crippen molar-refractivity contribution in [1.29, 1.82) is 0 Å². The quantitative estimate of drug-likeness (QED) is 0.488. The van der Waals surface area contributed by atoms with Gasteiger partial charge in [-0.15, -0.1) is 0 Å². The van der Waals surface area contributed by atoms with Crippen LogP contribution in [0.4, 0.5) is 19.3 Å². The van der Waals surface area contributed by atoms with Crippen LogP contribution >= 0.6 is 0 Å². The van der Waals surface area contributed by atoms with E-state index in [1.807, 2.05) is 24.3 Å². The molecule has 2 aromatic carbocycles. The van der Waals surface area contributed by atoms with E-state index in [0.717, 1.165) is 62.0 Å². The summed E-state index contributed by atoms with van der Waals surface area (Å²) in [5, 5.41) is 2.64. The SMILES string of the molecule is CCCCCCCN(C(=O)Nc1ccc(F)cc1F)C1CCCOc2ccccc21. The lowest BCUT2D eigenvalue weighted by Gasteiger charge is -2.32. The molecule has 2 aromatic rings. The number of nitrogens with one attached hydrogen (secondary N) is 1. The van der Waals surface area contributed by atoms with Gasteiger partial charge in [0.2, 0.25) is 0 Å².